The van der Waals surface area contributed by atoms with Crippen molar-refractivity contribution in [1.82, 2.24) is 9.38 Å². The first-order valence-electron chi connectivity index (χ1n) is 6.83. The molecule has 0 saturated heterocycles. The number of carboxylic acid groups (broad SMARTS) is 1. The first-order chi connectivity index (χ1) is 10.4. The van der Waals surface area contributed by atoms with Gasteiger partial charge in [-0.1, -0.05) is 26.8 Å². The Morgan fingerprint density at radius 1 is 1.36 bits per heavy atom. The molecule has 0 aliphatic heterocycles. The van der Waals surface area contributed by atoms with Gasteiger partial charge in [0.05, 0.1) is 22.0 Å². The van der Waals surface area contributed by atoms with Gasteiger partial charge in [-0.15, -0.1) is 22.7 Å². The number of fused-ring (bicyclic) bond motifs is 1. The second kappa shape index (κ2) is 5.37. The molecule has 6 heteroatoms. The predicted octanol–water partition coefficient (Wildman–Crippen LogP) is 4.52. The van der Waals surface area contributed by atoms with Crippen LogP contribution >= 0.6 is 22.7 Å². The average molecular weight is 332 g/mol. The van der Waals surface area contributed by atoms with Crippen LogP contribution in [0.2, 0.25) is 0 Å². The summed E-state index contributed by atoms with van der Waals surface area (Å²) in [5.74, 6) is -0.956. The van der Waals surface area contributed by atoms with Crippen molar-refractivity contribution in [3.8, 4) is 10.6 Å². The fourth-order valence-electron chi connectivity index (χ4n) is 2.33. The van der Waals surface area contributed by atoms with Crippen LogP contribution in [0.15, 0.2) is 29.0 Å². The highest BCUT2D eigenvalue weighted by molar-refractivity contribution is 7.16. The highest BCUT2D eigenvalue weighted by Crippen LogP contribution is 2.35. The minimum absolute atomic E-state index is 0.156. The SMILES string of the molecule is CC(C)(C)c1nc2scc(-c3cccs3)n2c1/C=C/C(=O)O. The maximum atomic E-state index is 10.9. The van der Waals surface area contributed by atoms with Crippen LogP contribution in [0.4, 0.5) is 0 Å². The number of aliphatic carboxylic acids is 1. The number of thiazole rings is 1. The van der Waals surface area contributed by atoms with E-state index < -0.39 is 5.97 Å². The molecule has 22 heavy (non-hydrogen) atoms. The normalized spacial score (nSPS) is 12.5. The standard InChI is InChI=1S/C16H16N2O2S2/c1-16(2,3)14-10(6-7-13(19)20)18-11(9-22-15(18)17-14)12-5-4-8-21-12/h4-9H,1-3H3,(H,19,20)/b7-6+. The van der Waals surface area contributed by atoms with Gasteiger partial charge in [-0.05, 0) is 17.5 Å². The Morgan fingerprint density at radius 3 is 2.73 bits per heavy atom. The first-order valence-corrected chi connectivity index (χ1v) is 8.59. The summed E-state index contributed by atoms with van der Waals surface area (Å²) in [6, 6.07) is 4.07. The topological polar surface area (TPSA) is 54.6 Å². The summed E-state index contributed by atoms with van der Waals surface area (Å²) in [4.78, 5) is 17.7. The molecule has 0 saturated carbocycles. The van der Waals surface area contributed by atoms with Gasteiger partial charge in [0.15, 0.2) is 4.96 Å². The van der Waals surface area contributed by atoms with Crippen LogP contribution < -0.4 is 0 Å². The summed E-state index contributed by atoms with van der Waals surface area (Å²) >= 11 is 3.24. The Balaban J connectivity index is 2.30. The van der Waals surface area contributed by atoms with Gasteiger partial charge in [0.2, 0.25) is 0 Å². The fourth-order valence-corrected chi connectivity index (χ4v) is 4.04. The molecule has 3 heterocycles. The lowest BCUT2D eigenvalue weighted by molar-refractivity contribution is -0.131. The minimum atomic E-state index is -0.956. The highest BCUT2D eigenvalue weighted by Gasteiger charge is 2.25. The zero-order valence-electron chi connectivity index (χ0n) is 12.5. The van der Waals surface area contributed by atoms with Gasteiger partial charge in [-0.3, -0.25) is 4.40 Å². The Kier molecular flexibility index (Phi) is 3.66. The van der Waals surface area contributed by atoms with E-state index in [2.05, 4.69) is 36.6 Å². The molecule has 0 unspecified atom stereocenters. The lowest BCUT2D eigenvalue weighted by atomic mass is 9.90. The molecular weight excluding hydrogens is 316 g/mol. The fraction of sp³-hybridized carbons (Fsp3) is 0.250. The zero-order chi connectivity index (χ0) is 15.9. The summed E-state index contributed by atoms with van der Waals surface area (Å²) in [6.07, 6.45) is 2.82. The van der Waals surface area contributed by atoms with E-state index in [0.717, 1.165) is 26.9 Å². The van der Waals surface area contributed by atoms with Crippen molar-refractivity contribution in [2.45, 2.75) is 26.2 Å². The van der Waals surface area contributed by atoms with E-state index in [-0.39, 0.29) is 5.41 Å². The van der Waals surface area contributed by atoms with Gasteiger partial charge in [-0.2, -0.15) is 0 Å². The molecule has 3 rings (SSSR count). The highest BCUT2D eigenvalue weighted by atomic mass is 32.1. The largest absolute Gasteiger partial charge is 0.478 e. The lowest BCUT2D eigenvalue weighted by Gasteiger charge is -2.16. The van der Waals surface area contributed by atoms with Crippen molar-refractivity contribution < 1.29 is 9.90 Å². The number of hydrogen-bond donors (Lipinski definition) is 1. The van der Waals surface area contributed by atoms with Crippen molar-refractivity contribution in [2.24, 2.45) is 0 Å². The van der Waals surface area contributed by atoms with E-state index in [1.54, 1.807) is 28.7 Å². The monoisotopic (exact) mass is 332 g/mol. The summed E-state index contributed by atoms with van der Waals surface area (Å²) < 4.78 is 2.05. The molecule has 0 fully saturated rings. The maximum absolute atomic E-state index is 10.9. The molecule has 0 amide bonds. The summed E-state index contributed by atoms with van der Waals surface area (Å²) in [6.45, 7) is 6.26. The average Bonchev–Trinajstić information content (AvgIpc) is 3.11. The second-order valence-electron chi connectivity index (χ2n) is 5.98. The van der Waals surface area contributed by atoms with Crippen LogP contribution in [-0.4, -0.2) is 20.5 Å². The molecule has 0 aliphatic carbocycles. The molecule has 3 aromatic heterocycles. The maximum Gasteiger partial charge on any atom is 0.328 e. The van der Waals surface area contributed by atoms with Gasteiger partial charge in [0, 0.05) is 16.9 Å². The van der Waals surface area contributed by atoms with E-state index in [1.807, 2.05) is 11.4 Å². The predicted molar refractivity (Wildman–Crippen MR) is 91.8 cm³/mol. The quantitative estimate of drug-likeness (QED) is 0.718. The number of nitrogens with zero attached hydrogens (tertiary/aromatic N) is 2. The Morgan fingerprint density at radius 2 is 2.14 bits per heavy atom. The van der Waals surface area contributed by atoms with Crippen LogP contribution in [0.25, 0.3) is 21.6 Å². The number of thiophene rings is 1. The molecule has 0 aromatic carbocycles. The molecule has 0 aliphatic rings. The van der Waals surface area contributed by atoms with Crippen LogP contribution in [0.3, 0.4) is 0 Å². The number of aromatic nitrogens is 2. The molecule has 4 nitrogen and oxygen atoms in total. The minimum Gasteiger partial charge on any atom is -0.478 e. The third-order valence-corrected chi connectivity index (χ3v) is 4.99. The van der Waals surface area contributed by atoms with E-state index in [0.29, 0.717) is 0 Å². The van der Waals surface area contributed by atoms with Crippen molar-refractivity contribution in [2.75, 3.05) is 0 Å². The number of carboxylic acids is 1. The smallest absolute Gasteiger partial charge is 0.328 e. The second-order valence-corrected chi connectivity index (χ2v) is 7.77. The van der Waals surface area contributed by atoms with Crippen LogP contribution in [0, 0.1) is 0 Å². The van der Waals surface area contributed by atoms with Gasteiger partial charge >= 0.3 is 5.97 Å². The Labute approximate surface area is 136 Å². The third-order valence-electron chi connectivity index (χ3n) is 3.27. The van der Waals surface area contributed by atoms with Crippen molar-refractivity contribution in [3.05, 3.63) is 40.4 Å². The van der Waals surface area contributed by atoms with Gasteiger partial charge in [0.1, 0.15) is 0 Å². The molecular formula is C16H16N2O2S2. The number of imidazole rings is 1. The van der Waals surface area contributed by atoms with Gasteiger partial charge in [-0.25, -0.2) is 9.78 Å². The van der Waals surface area contributed by atoms with Crippen LogP contribution in [-0.2, 0) is 10.2 Å². The molecule has 0 bridgehead atoms. The number of hydrogen-bond acceptors (Lipinski definition) is 4. The van der Waals surface area contributed by atoms with Crippen molar-refractivity contribution >= 4 is 39.7 Å². The van der Waals surface area contributed by atoms with E-state index in [4.69, 9.17) is 10.1 Å². The number of rotatable bonds is 3. The first kappa shape index (κ1) is 15.0. The van der Waals surface area contributed by atoms with Gasteiger partial charge in [0.25, 0.3) is 0 Å². The molecule has 0 radical (unpaired) electrons. The van der Waals surface area contributed by atoms with E-state index in [9.17, 15) is 4.79 Å². The molecule has 3 aromatic rings. The summed E-state index contributed by atoms with van der Waals surface area (Å²) in [7, 11) is 0. The Hall–Kier alpha value is -1.92. The molecule has 1 N–H and O–H groups in total. The van der Waals surface area contributed by atoms with Crippen LogP contribution in [0.5, 0.6) is 0 Å². The van der Waals surface area contributed by atoms with Crippen LogP contribution in [0.1, 0.15) is 32.2 Å². The molecule has 0 spiro atoms. The number of carbonyl (C=O) groups is 1. The summed E-state index contributed by atoms with van der Waals surface area (Å²) in [5.41, 5.74) is 2.66. The van der Waals surface area contributed by atoms with Crippen molar-refractivity contribution in [3.63, 3.8) is 0 Å². The Bertz CT molecular complexity index is 849. The summed E-state index contributed by atoms with van der Waals surface area (Å²) in [5, 5.41) is 13.1. The zero-order valence-corrected chi connectivity index (χ0v) is 14.2. The van der Waals surface area contributed by atoms with Crippen molar-refractivity contribution in [1.29, 1.82) is 0 Å². The van der Waals surface area contributed by atoms with E-state index in [1.165, 1.54) is 6.08 Å². The van der Waals surface area contributed by atoms with Gasteiger partial charge < -0.3 is 5.11 Å². The molecule has 114 valence electrons. The molecule has 0 atom stereocenters. The van der Waals surface area contributed by atoms with E-state index >= 15 is 0 Å². The third kappa shape index (κ3) is 2.60. The lowest BCUT2D eigenvalue weighted by Crippen LogP contribution is -2.13.